The van der Waals surface area contributed by atoms with Crippen molar-refractivity contribution in [3.63, 3.8) is 0 Å². The van der Waals surface area contributed by atoms with Crippen LogP contribution >= 0.6 is 0 Å². The lowest BCUT2D eigenvalue weighted by Crippen LogP contribution is -2.42. The SMILES string of the molecule is CCC(C)Cc1nc(C2(O)CCN(C)CC2)n(Cc2ccc(F)cc2)n1. The molecule has 1 atom stereocenters. The summed E-state index contributed by atoms with van der Waals surface area (Å²) in [6, 6.07) is 6.42. The van der Waals surface area contributed by atoms with Crippen LogP contribution in [-0.2, 0) is 18.6 Å². The number of benzene rings is 1. The number of halogens is 1. The van der Waals surface area contributed by atoms with E-state index < -0.39 is 5.60 Å². The van der Waals surface area contributed by atoms with Crippen molar-refractivity contribution in [2.75, 3.05) is 20.1 Å². The average Bonchev–Trinajstić information content (AvgIpc) is 3.02. The van der Waals surface area contributed by atoms with Crippen LogP contribution in [0.1, 0.15) is 50.3 Å². The topological polar surface area (TPSA) is 54.2 Å². The highest BCUT2D eigenvalue weighted by Gasteiger charge is 2.38. The van der Waals surface area contributed by atoms with Crippen LogP contribution in [0.15, 0.2) is 24.3 Å². The lowest BCUT2D eigenvalue weighted by molar-refractivity contribution is -0.0308. The quantitative estimate of drug-likeness (QED) is 0.860. The summed E-state index contributed by atoms with van der Waals surface area (Å²) in [6.45, 7) is 6.50. The lowest BCUT2D eigenvalue weighted by atomic mass is 9.90. The first-order valence-electron chi connectivity index (χ1n) is 9.49. The third kappa shape index (κ3) is 4.30. The summed E-state index contributed by atoms with van der Waals surface area (Å²) < 4.78 is 15.0. The van der Waals surface area contributed by atoms with Gasteiger partial charge in [-0.2, -0.15) is 5.10 Å². The Kier molecular flexibility index (Phi) is 5.73. The molecular formula is C20H29FN4O. The maximum Gasteiger partial charge on any atom is 0.159 e. The van der Waals surface area contributed by atoms with Crippen LogP contribution < -0.4 is 0 Å². The smallest absolute Gasteiger partial charge is 0.159 e. The van der Waals surface area contributed by atoms with E-state index in [1.807, 2.05) is 4.68 Å². The Bertz CT molecular complexity index is 720. The summed E-state index contributed by atoms with van der Waals surface area (Å²) in [5.74, 6) is 1.67. The number of hydrogen-bond acceptors (Lipinski definition) is 4. The molecule has 1 aromatic carbocycles. The van der Waals surface area contributed by atoms with Crippen molar-refractivity contribution in [1.29, 1.82) is 0 Å². The van der Waals surface area contributed by atoms with Crippen molar-refractivity contribution >= 4 is 0 Å². The van der Waals surface area contributed by atoms with Crippen molar-refractivity contribution in [2.24, 2.45) is 5.92 Å². The molecule has 1 aliphatic heterocycles. The van der Waals surface area contributed by atoms with Crippen molar-refractivity contribution in [2.45, 2.75) is 51.7 Å². The minimum absolute atomic E-state index is 0.251. The van der Waals surface area contributed by atoms with Gasteiger partial charge in [-0.25, -0.2) is 14.1 Å². The van der Waals surface area contributed by atoms with Crippen LogP contribution in [0.4, 0.5) is 4.39 Å². The van der Waals surface area contributed by atoms with Gasteiger partial charge in [-0.05, 0) is 43.5 Å². The molecule has 1 aliphatic rings. The van der Waals surface area contributed by atoms with Gasteiger partial charge in [-0.3, -0.25) is 0 Å². The summed E-state index contributed by atoms with van der Waals surface area (Å²) in [5.41, 5.74) is -0.00284. The molecule has 2 aromatic rings. The predicted octanol–water partition coefficient (Wildman–Crippen LogP) is 2.97. The summed E-state index contributed by atoms with van der Waals surface area (Å²) in [6.07, 6.45) is 3.16. The van der Waals surface area contributed by atoms with Gasteiger partial charge in [0.2, 0.25) is 0 Å². The van der Waals surface area contributed by atoms with Gasteiger partial charge in [-0.15, -0.1) is 0 Å². The molecule has 1 unspecified atom stereocenters. The standard InChI is InChI=1S/C20H29FN4O/c1-4-15(2)13-18-22-19(20(26)9-11-24(3)12-10-20)25(23-18)14-16-5-7-17(21)8-6-16/h5-8,15,26H,4,9-14H2,1-3H3. The van der Waals surface area contributed by atoms with Crippen molar-refractivity contribution in [3.05, 3.63) is 47.3 Å². The number of piperidine rings is 1. The zero-order valence-electron chi connectivity index (χ0n) is 16.0. The van der Waals surface area contributed by atoms with Crippen LogP contribution in [0, 0.1) is 11.7 Å². The molecule has 5 nitrogen and oxygen atoms in total. The monoisotopic (exact) mass is 360 g/mol. The number of rotatable bonds is 6. The first-order chi connectivity index (χ1) is 12.4. The zero-order valence-corrected chi connectivity index (χ0v) is 16.0. The predicted molar refractivity (Wildman–Crippen MR) is 99.3 cm³/mol. The van der Waals surface area contributed by atoms with Gasteiger partial charge in [0.1, 0.15) is 11.4 Å². The fourth-order valence-corrected chi connectivity index (χ4v) is 3.36. The fourth-order valence-electron chi connectivity index (χ4n) is 3.36. The van der Waals surface area contributed by atoms with Gasteiger partial charge in [-0.1, -0.05) is 32.4 Å². The van der Waals surface area contributed by atoms with Gasteiger partial charge < -0.3 is 10.0 Å². The Morgan fingerprint density at radius 1 is 1.23 bits per heavy atom. The second-order valence-corrected chi connectivity index (χ2v) is 7.69. The van der Waals surface area contributed by atoms with E-state index in [1.54, 1.807) is 12.1 Å². The van der Waals surface area contributed by atoms with Crippen molar-refractivity contribution in [1.82, 2.24) is 19.7 Å². The molecule has 142 valence electrons. The first kappa shape index (κ1) is 19.0. The number of nitrogens with zero attached hydrogens (tertiary/aromatic N) is 4. The van der Waals surface area contributed by atoms with Gasteiger partial charge >= 0.3 is 0 Å². The molecule has 1 fully saturated rings. The third-order valence-electron chi connectivity index (χ3n) is 5.42. The largest absolute Gasteiger partial charge is 0.382 e. The Labute approximate surface area is 154 Å². The van der Waals surface area contributed by atoms with Crippen LogP contribution in [0.25, 0.3) is 0 Å². The maximum absolute atomic E-state index is 13.2. The molecule has 1 aromatic heterocycles. The highest BCUT2D eigenvalue weighted by molar-refractivity contribution is 5.18. The minimum atomic E-state index is -0.951. The van der Waals surface area contributed by atoms with E-state index in [1.165, 1.54) is 12.1 Å². The lowest BCUT2D eigenvalue weighted by Gasteiger charge is -2.35. The van der Waals surface area contributed by atoms with Crippen molar-refractivity contribution in [3.8, 4) is 0 Å². The van der Waals surface area contributed by atoms with Gasteiger partial charge in [0.25, 0.3) is 0 Å². The molecular weight excluding hydrogens is 331 g/mol. The summed E-state index contributed by atoms with van der Waals surface area (Å²) in [7, 11) is 2.07. The highest BCUT2D eigenvalue weighted by atomic mass is 19.1. The molecule has 0 aliphatic carbocycles. The van der Waals surface area contributed by atoms with Crippen LogP contribution in [0.5, 0.6) is 0 Å². The number of aliphatic hydroxyl groups is 1. The van der Waals surface area contributed by atoms with Crippen LogP contribution in [-0.4, -0.2) is 44.9 Å². The van der Waals surface area contributed by atoms with E-state index >= 15 is 0 Å². The molecule has 6 heteroatoms. The van der Waals surface area contributed by atoms with Crippen LogP contribution in [0.2, 0.25) is 0 Å². The fraction of sp³-hybridized carbons (Fsp3) is 0.600. The molecule has 3 rings (SSSR count). The normalized spacial score (nSPS) is 18.8. The first-order valence-corrected chi connectivity index (χ1v) is 9.49. The Hall–Kier alpha value is -1.79. The van der Waals surface area contributed by atoms with E-state index in [-0.39, 0.29) is 5.82 Å². The van der Waals surface area contributed by atoms with E-state index in [9.17, 15) is 9.50 Å². The Morgan fingerprint density at radius 3 is 2.50 bits per heavy atom. The van der Waals surface area contributed by atoms with Gasteiger partial charge in [0.15, 0.2) is 11.6 Å². The molecule has 2 heterocycles. The van der Waals surface area contributed by atoms with Gasteiger partial charge in [0, 0.05) is 19.5 Å². The summed E-state index contributed by atoms with van der Waals surface area (Å²) in [5, 5.41) is 16.0. The summed E-state index contributed by atoms with van der Waals surface area (Å²) in [4.78, 5) is 6.96. The minimum Gasteiger partial charge on any atom is -0.382 e. The average molecular weight is 360 g/mol. The van der Waals surface area contributed by atoms with E-state index in [0.29, 0.717) is 31.1 Å². The molecule has 0 amide bonds. The van der Waals surface area contributed by atoms with Crippen LogP contribution in [0.3, 0.4) is 0 Å². The number of likely N-dealkylation sites (tertiary alicyclic amines) is 1. The number of aromatic nitrogens is 3. The van der Waals surface area contributed by atoms with E-state index in [0.717, 1.165) is 37.3 Å². The second kappa shape index (κ2) is 7.84. The Morgan fingerprint density at radius 2 is 1.88 bits per heavy atom. The van der Waals surface area contributed by atoms with E-state index in [2.05, 4.69) is 25.8 Å². The molecule has 0 spiro atoms. The maximum atomic E-state index is 13.2. The number of hydrogen-bond donors (Lipinski definition) is 1. The Balaban J connectivity index is 1.91. The molecule has 0 saturated carbocycles. The molecule has 1 N–H and O–H groups in total. The highest BCUT2D eigenvalue weighted by Crippen LogP contribution is 2.32. The van der Waals surface area contributed by atoms with E-state index in [4.69, 9.17) is 10.1 Å². The molecule has 0 radical (unpaired) electrons. The zero-order chi connectivity index (χ0) is 18.7. The second-order valence-electron chi connectivity index (χ2n) is 7.69. The van der Waals surface area contributed by atoms with Crippen molar-refractivity contribution < 1.29 is 9.50 Å². The molecule has 1 saturated heterocycles. The molecule has 0 bridgehead atoms. The van der Waals surface area contributed by atoms with Gasteiger partial charge in [0.05, 0.1) is 6.54 Å². The summed E-state index contributed by atoms with van der Waals surface area (Å²) >= 11 is 0. The third-order valence-corrected chi connectivity index (χ3v) is 5.42. The molecule has 26 heavy (non-hydrogen) atoms.